The number of amidine groups is 2. The topological polar surface area (TPSA) is 688 Å². The molecule has 9 aliphatic heterocycles. The number of benzene rings is 1. The molecule has 0 radical (unpaired) electrons. The van der Waals surface area contributed by atoms with Crippen LogP contribution < -0.4 is 32.4 Å². The monoisotopic (exact) mass is 2000 g/mol. The number of nitrogens with zero attached hydrogens (tertiary/aromatic N) is 18. The molecule has 2 saturated carbocycles. The number of amides is 2. The maximum atomic E-state index is 15.7. The fourth-order valence-electron chi connectivity index (χ4n) is 15.3. The number of para-hydroxylation sites is 1. The number of carbonyl (C=O) groups is 7. The van der Waals surface area contributed by atoms with Crippen molar-refractivity contribution < 1.29 is 145 Å². The van der Waals surface area contributed by atoms with Gasteiger partial charge in [0.1, 0.15) is 107 Å². The summed E-state index contributed by atoms with van der Waals surface area (Å²) in [7, 11) is -9.11. The highest BCUT2D eigenvalue weighted by molar-refractivity contribution is 7.49. The third-order valence-electron chi connectivity index (χ3n) is 23.2. The Morgan fingerprint density at radius 1 is 0.561 bits per heavy atom. The molecule has 2 aliphatic carbocycles. The molecule has 762 valence electrons. The minimum absolute atomic E-state index is 0.0154. The summed E-state index contributed by atoms with van der Waals surface area (Å²) >= 11 is 0. The van der Waals surface area contributed by atoms with Gasteiger partial charge in [-0.25, -0.2) is 46.3 Å². The number of hydrogen-bond donors (Lipinski definition) is 8. The molecule has 0 bridgehead atoms. The fraction of sp³-hybridized carbons (Fsp3) is 0.627. The van der Waals surface area contributed by atoms with Crippen LogP contribution in [0.3, 0.4) is 0 Å². The van der Waals surface area contributed by atoms with Crippen molar-refractivity contribution >= 4 is 69.0 Å². The standard InChI is InChI=1S/C29H43FN5O11P.C19H27FN6O5.C19H21FN5O7P.C16H24FN7O4/c1-18(27(38)42-21-10-6-4-7-11-21)45-47(40,46-19(2)28(39)43-22-12-8-5-9-13-22)41-17-29(16-32-34-31)25(37)24(30)26(44-29)35-15-14-23(36)33-20(35)3;1-10(2)17(27)29-9-19(8-23-25-22)15(30-18(28)11(3)4)14(20)16(31-19)26-7-6-13(21)24-12(26)5;1-11-4-3-5-13-8-29-33(28,32-16(11)13)30-10-19(9-22-24-21)17(27)15(20)18(31-19)25-7-6-14(26)23-12(25)2;1-8(2)12(19)15(26)27-7-16(6-21-23-20)13(25)11(17)14(28-16)24-5-4-10(18)22-9(24)3/h14-15,18-19,21-22,24-26,37H,3-13,16-17H2,1-2H3,(H,33,36);6-7,10-11,14-16H,5,8-9H2,1-4H3,(H2,21,24);3-7,15,17-18,27H,2,8-10H2,1H3,(H,23,26);4-5,8,11-14,25H,3,6-7,19H2,1-2H3,(H2,18,22)/t18?,19?,24-,25+,26-,29-,47?;14-,15+,16-,19-;15-,17+,18-,19-,33?;11-,12?,13+,14-,16-/m1111/s1. The van der Waals surface area contributed by atoms with E-state index < -0.39 is 236 Å². The Morgan fingerprint density at radius 2 is 0.950 bits per heavy atom. The summed E-state index contributed by atoms with van der Waals surface area (Å²) in [6, 6.07) is 4.39. The number of aliphatic hydroxyl groups excluding tert-OH is 3. The number of aryl methyl sites for hydroxylation is 1. The predicted molar refractivity (Wildman–Crippen MR) is 479 cm³/mol. The number of halogens is 4. The van der Waals surface area contributed by atoms with Gasteiger partial charge in [0.15, 0.2) is 73.5 Å². The Hall–Kier alpha value is -11.7. The molecule has 0 aromatic heterocycles. The number of aliphatic hydroxyl groups is 3. The summed E-state index contributed by atoms with van der Waals surface area (Å²) in [4.78, 5) is 109. The first-order valence-corrected chi connectivity index (χ1v) is 46.9. The Balaban J connectivity index is 0.000000212. The van der Waals surface area contributed by atoms with E-state index >= 15 is 13.2 Å². The molecular formula is C83H115F4N23O27P2. The van der Waals surface area contributed by atoms with Crippen LogP contribution in [0.4, 0.5) is 17.6 Å². The lowest BCUT2D eigenvalue weighted by Crippen LogP contribution is -2.52. The van der Waals surface area contributed by atoms with Crippen LogP contribution in [0.1, 0.15) is 131 Å². The second-order valence-corrected chi connectivity index (χ2v) is 37.7. The van der Waals surface area contributed by atoms with Crippen LogP contribution in [0.2, 0.25) is 0 Å². The highest BCUT2D eigenvalue weighted by atomic mass is 31.2. The average molecular weight is 2000 g/mol. The summed E-state index contributed by atoms with van der Waals surface area (Å²) in [5, 5.41) is 50.7. The van der Waals surface area contributed by atoms with Gasteiger partial charge in [0.2, 0.25) is 0 Å². The van der Waals surface area contributed by atoms with Gasteiger partial charge in [-0.05, 0) is 118 Å². The van der Waals surface area contributed by atoms with Crippen molar-refractivity contribution in [2.75, 3.05) is 52.6 Å². The second-order valence-electron chi connectivity index (χ2n) is 34.5. The normalized spacial score (nSPS) is 30.3. The molecule has 9 heterocycles. The van der Waals surface area contributed by atoms with E-state index in [1.807, 2.05) is 0 Å². The number of nitrogens with two attached hydrogens (primary N) is 3. The maximum Gasteiger partial charge on any atom is 0.530 e. The molecule has 11 aliphatic rings. The van der Waals surface area contributed by atoms with Gasteiger partial charge < -0.3 is 110 Å². The molecule has 20 atom stereocenters. The van der Waals surface area contributed by atoms with Crippen molar-refractivity contribution in [2.24, 2.45) is 65.4 Å². The van der Waals surface area contributed by atoms with Crippen molar-refractivity contribution in [3.05, 3.63) is 170 Å². The van der Waals surface area contributed by atoms with E-state index in [1.165, 1.54) is 65.5 Å². The number of fused-ring (bicyclic) bond motifs is 1. The van der Waals surface area contributed by atoms with Crippen molar-refractivity contribution in [2.45, 2.75) is 260 Å². The van der Waals surface area contributed by atoms with Crippen molar-refractivity contribution in [1.82, 2.24) is 30.2 Å². The molecule has 50 nitrogen and oxygen atoms in total. The van der Waals surface area contributed by atoms with Crippen LogP contribution in [-0.4, -0.2) is 268 Å². The number of alkyl halides is 4. The molecule has 4 saturated heterocycles. The van der Waals surface area contributed by atoms with E-state index in [-0.39, 0.29) is 59.7 Å². The minimum Gasteiger partial charge on any atom is -0.462 e. The molecule has 0 spiro atoms. The first-order chi connectivity index (χ1) is 65.7. The summed E-state index contributed by atoms with van der Waals surface area (Å²) in [6.07, 6.45) is -6.11. The van der Waals surface area contributed by atoms with Gasteiger partial charge in [-0.3, -0.25) is 46.6 Å². The zero-order valence-electron chi connectivity index (χ0n) is 77.5. The number of azide groups is 4. The molecule has 6 fully saturated rings. The third-order valence-corrected chi connectivity index (χ3v) is 26.1. The Bertz CT molecular complexity index is 5160. The number of nitrogens with one attached hydrogen (secondary N) is 2. The highest BCUT2D eigenvalue weighted by Crippen LogP contribution is 2.58. The van der Waals surface area contributed by atoms with Crippen LogP contribution in [0.25, 0.3) is 41.8 Å². The van der Waals surface area contributed by atoms with Gasteiger partial charge in [-0.2, -0.15) is 0 Å². The van der Waals surface area contributed by atoms with Gasteiger partial charge in [-0.15, -0.1) is 0 Å². The number of hydrogen-bond acceptors (Lipinski definition) is 40. The predicted octanol–water partition coefficient (Wildman–Crippen LogP) is 9.17. The van der Waals surface area contributed by atoms with Crippen LogP contribution in [0.5, 0.6) is 5.75 Å². The van der Waals surface area contributed by atoms with Crippen molar-refractivity contribution in [1.29, 1.82) is 0 Å². The van der Waals surface area contributed by atoms with Crippen molar-refractivity contribution in [3.8, 4) is 5.75 Å². The van der Waals surface area contributed by atoms with E-state index in [1.54, 1.807) is 66.7 Å². The summed E-state index contributed by atoms with van der Waals surface area (Å²) < 4.78 is 171. The number of esters is 5. The number of aliphatic imine (C=N–C) groups is 2. The highest BCUT2D eigenvalue weighted by Gasteiger charge is 2.64. The summed E-state index contributed by atoms with van der Waals surface area (Å²) in [5.74, 6) is -5.06. The van der Waals surface area contributed by atoms with E-state index in [9.17, 15) is 62.4 Å². The number of carbonyl (C=O) groups excluding carboxylic acids is 7. The molecule has 56 heteroatoms. The van der Waals surface area contributed by atoms with Gasteiger partial charge >= 0.3 is 45.5 Å². The number of ether oxygens (including phenoxy) is 9. The first-order valence-electron chi connectivity index (χ1n) is 44.0. The molecule has 1 aromatic carbocycles. The van der Waals surface area contributed by atoms with Crippen LogP contribution in [-0.2, 0) is 115 Å². The van der Waals surface area contributed by atoms with Crippen molar-refractivity contribution in [3.63, 3.8) is 0 Å². The maximum absolute atomic E-state index is 15.7. The first kappa shape index (κ1) is 111. The quantitative estimate of drug-likeness (QED) is 0.00597. The second kappa shape index (κ2) is 48.9. The van der Waals surface area contributed by atoms with Crippen LogP contribution in [0.15, 0.2) is 147 Å². The van der Waals surface area contributed by atoms with E-state index in [0.29, 0.717) is 42.6 Å². The SMILES string of the molecule is C=C1N=C(N)C=CN1[C@@H]1O[C@](CN=[N+]=[N-])(COC(=O)C(C)C)[C@@H](OC(=O)C(C)C)[C@H]1F.C=C1N=C(N)C=CN1[C@@H]1O[C@](CN=[N+]=[N-])(COC(=O)C(N)C(C)C)[C@@H](O)[C@H]1F.C=C1NC(=O)C=CN1[C@@H]1O[C@](CN=[N+]=[N-])(COP(=O)(OC(C)C(=O)OC2CCCCC2)OC(C)C(=O)OC2CCCCC2)[C@@H](O)[C@H]1F.C=C1NC(=O)C=CN1[C@@H]1O[C@](CN=[N+]=[N-])(COP2(=O)OCc3cccc(C)c3O2)[C@@H](O)[C@H]1F. The van der Waals surface area contributed by atoms with E-state index in [4.69, 9.17) is 109 Å². The zero-order valence-corrected chi connectivity index (χ0v) is 79.3. The Labute approximate surface area is 794 Å². The van der Waals surface area contributed by atoms with Gasteiger partial charge in [0.05, 0.1) is 57.8 Å². The molecule has 12 rings (SSSR count). The van der Waals surface area contributed by atoms with Crippen LogP contribution >= 0.6 is 15.6 Å². The summed E-state index contributed by atoms with van der Waals surface area (Å²) in [5.41, 5.74) is 46.0. The number of phosphoric acid groups is 2. The molecule has 4 unspecified atom stereocenters. The smallest absolute Gasteiger partial charge is 0.462 e. The lowest BCUT2D eigenvalue weighted by atomic mass is 9.96. The fourth-order valence-corrected chi connectivity index (χ4v) is 18.1. The average Bonchev–Trinajstić information content (AvgIpc) is 1.64. The number of rotatable bonds is 35. The van der Waals surface area contributed by atoms with Gasteiger partial charge in [-0.1, -0.05) is 119 Å². The van der Waals surface area contributed by atoms with E-state index in [0.717, 1.165) is 55.6 Å². The van der Waals surface area contributed by atoms with Gasteiger partial charge in [0, 0.05) is 62.2 Å². The van der Waals surface area contributed by atoms with Crippen LogP contribution in [0, 0.1) is 24.7 Å². The number of phosphoric ester groups is 2. The lowest BCUT2D eigenvalue weighted by Gasteiger charge is -2.34. The Kier molecular flexibility index (Phi) is 39.0. The summed E-state index contributed by atoms with van der Waals surface area (Å²) in [6.45, 7) is 24.0. The Morgan fingerprint density at radius 3 is 1.37 bits per heavy atom. The van der Waals surface area contributed by atoms with E-state index in [2.05, 4.69) is 87.0 Å². The minimum atomic E-state index is -4.94. The zero-order chi connectivity index (χ0) is 102. The molecule has 1 aromatic rings. The third kappa shape index (κ3) is 27.7. The largest absolute Gasteiger partial charge is 0.530 e. The lowest BCUT2D eigenvalue weighted by molar-refractivity contribution is -0.180. The molecule has 11 N–H and O–H groups in total. The van der Waals surface area contributed by atoms with Gasteiger partial charge in [0.25, 0.3) is 11.8 Å². The molecule has 2 amide bonds. The molecular weight excluding hydrogens is 1890 g/mol. The molecule has 139 heavy (non-hydrogen) atoms.